The number of rotatable bonds is 5. The van der Waals surface area contributed by atoms with Gasteiger partial charge in [0.05, 0.1) is 0 Å². The van der Waals surface area contributed by atoms with Crippen LogP contribution in [0.15, 0.2) is 42.0 Å². The van der Waals surface area contributed by atoms with Gasteiger partial charge in [-0.25, -0.2) is 0 Å². The van der Waals surface area contributed by atoms with Crippen LogP contribution in [0, 0.1) is 0 Å². The normalized spacial score (nSPS) is 11.3. The van der Waals surface area contributed by atoms with Gasteiger partial charge in [-0.2, -0.15) is 0 Å². The van der Waals surface area contributed by atoms with Crippen molar-refractivity contribution in [3.05, 3.63) is 47.5 Å². The summed E-state index contributed by atoms with van der Waals surface area (Å²) in [7, 11) is 0. The summed E-state index contributed by atoms with van der Waals surface area (Å²) >= 11 is 0. The zero-order valence-corrected chi connectivity index (χ0v) is 11.4. The number of carbonyl (C=O) groups excluding carboxylic acids is 2. The molecule has 0 N–H and O–H groups in total. The second-order valence-corrected chi connectivity index (χ2v) is 4.08. The van der Waals surface area contributed by atoms with E-state index in [1.54, 1.807) is 6.08 Å². The van der Waals surface area contributed by atoms with Crippen molar-refractivity contribution in [2.75, 3.05) is 0 Å². The maximum atomic E-state index is 11.1. The van der Waals surface area contributed by atoms with E-state index >= 15 is 0 Å². The Morgan fingerprint density at radius 2 is 1.63 bits per heavy atom. The quantitative estimate of drug-likeness (QED) is 0.465. The SMILES string of the molecule is CC=C(Cc1ccccc1)C(OC(C)=O)OC(C)=O. The van der Waals surface area contributed by atoms with Crippen molar-refractivity contribution in [3.63, 3.8) is 0 Å². The van der Waals surface area contributed by atoms with Gasteiger partial charge >= 0.3 is 11.9 Å². The lowest BCUT2D eigenvalue weighted by atomic mass is 10.0. The molecule has 0 spiro atoms. The highest BCUT2D eigenvalue weighted by molar-refractivity contribution is 5.68. The van der Waals surface area contributed by atoms with E-state index in [9.17, 15) is 9.59 Å². The zero-order valence-electron chi connectivity index (χ0n) is 11.4. The second kappa shape index (κ2) is 7.36. The molecule has 0 bridgehead atoms. The third-order valence-electron chi connectivity index (χ3n) is 2.47. The molecule has 0 saturated heterocycles. The fourth-order valence-corrected chi connectivity index (χ4v) is 1.63. The summed E-state index contributed by atoms with van der Waals surface area (Å²) in [4.78, 5) is 22.1. The Bertz CT molecular complexity index is 446. The average Bonchev–Trinajstić information content (AvgIpc) is 2.35. The van der Waals surface area contributed by atoms with Gasteiger partial charge in [0, 0.05) is 25.8 Å². The molecular weight excluding hydrogens is 244 g/mol. The first-order valence-electron chi connectivity index (χ1n) is 6.06. The van der Waals surface area contributed by atoms with Crippen LogP contribution in [0.1, 0.15) is 26.3 Å². The third kappa shape index (κ3) is 5.38. The zero-order chi connectivity index (χ0) is 14.3. The number of hydrogen-bond donors (Lipinski definition) is 0. The Hall–Kier alpha value is -2.10. The first-order chi connectivity index (χ1) is 9.02. The number of carbonyl (C=O) groups is 2. The first kappa shape index (κ1) is 15.0. The number of allylic oxidation sites excluding steroid dienone is 1. The summed E-state index contributed by atoms with van der Waals surface area (Å²) in [6.07, 6.45) is 1.40. The summed E-state index contributed by atoms with van der Waals surface area (Å²) in [5, 5.41) is 0. The molecule has 0 aliphatic carbocycles. The van der Waals surface area contributed by atoms with Gasteiger partial charge in [-0.1, -0.05) is 36.4 Å². The van der Waals surface area contributed by atoms with Crippen molar-refractivity contribution in [3.8, 4) is 0 Å². The van der Waals surface area contributed by atoms with E-state index in [-0.39, 0.29) is 0 Å². The van der Waals surface area contributed by atoms with Crippen molar-refractivity contribution >= 4 is 11.9 Å². The minimum absolute atomic E-state index is 0.487. The van der Waals surface area contributed by atoms with Crippen molar-refractivity contribution in [2.45, 2.75) is 33.5 Å². The highest BCUT2D eigenvalue weighted by Crippen LogP contribution is 2.16. The summed E-state index contributed by atoms with van der Waals surface area (Å²) in [6, 6.07) is 9.70. The molecular formula is C15H18O4. The van der Waals surface area contributed by atoms with Crippen molar-refractivity contribution < 1.29 is 19.1 Å². The fraction of sp³-hybridized carbons (Fsp3) is 0.333. The van der Waals surface area contributed by atoms with Crippen LogP contribution in [-0.4, -0.2) is 18.2 Å². The van der Waals surface area contributed by atoms with Gasteiger partial charge < -0.3 is 9.47 Å². The summed E-state index contributed by atoms with van der Waals surface area (Å²) < 4.78 is 10.1. The van der Waals surface area contributed by atoms with Crippen LogP contribution >= 0.6 is 0 Å². The van der Waals surface area contributed by atoms with Crippen molar-refractivity contribution in [1.82, 2.24) is 0 Å². The highest BCUT2D eigenvalue weighted by Gasteiger charge is 2.20. The van der Waals surface area contributed by atoms with Gasteiger partial charge in [-0.05, 0) is 12.5 Å². The molecule has 0 radical (unpaired) electrons. The first-order valence-corrected chi connectivity index (χ1v) is 6.06. The molecule has 0 aliphatic heterocycles. The Balaban J connectivity index is 2.84. The van der Waals surface area contributed by atoms with Crippen molar-refractivity contribution in [2.24, 2.45) is 0 Å². The Morgan fingerprint density at radius 1 is 1.11 bits per heavy atom. The molecule has 0 saturated carbocycles. The van der Waals surface area contributed by atoms with Gasteiger partial charge in [0.1, 0.15) is 0 Å². The number of hydrogen-bond acceptors (Lipinski definition) is 4. The lowest BCUT2D eigenvalue weighted by Crippen LogP contribution is -2.25. The number of esters is 2. The van der Waals surface area contributed by atoms with Crippen LogP contribution < -0.4 is 0 Å². The lowest BCUT2D eigenvalue weighted by Gasteiger charge is -2.19. The molecule has 0 atom stereocenters. The molecule has 1 aromatic carbocycles. The minimum Gasteiger partial charge on any atom is -0.421 e. The van der Waals surface area contributed by atoms with Crippen LogP contribution in [-0.2, 0) is 25.5 Å². The van der Waals surface area contributed by atoms with Crippen LogP contribution in [0.3, 0.4) is 0 Å². The molecule has 0 unspecified atom stereocenters. The predicted molar refractivity (Wildman–Crippen MR) is 71.2 cm³/mol. The smallest absolute Gasteiger partial charge is 0.305 e. The average molecular weight is 262 g/mol. The Labute approximate surface area is 113 Å². The minimum atomic E-state index is -0.958. The van der Waals surface area contributed by atoms with E-state index in [1.165, 1.54) is 13.8 Å². The van der Waals surface area contributed by atoms with Gasteiger partial charge in [0.25, 0.3) is 6.29 Å². The summed E-state index contributed by atoms with van der Waals surface area (Å²) in [5.41, 5.74) is 1.79. The second-order valence-electron chi connectivity index (χ2n) is 4.08. The van der Waals surface area contributed by atoms with Crippen LogP contribution in [0.5, 0.6) is 0 Å². The topological polar surface area (TPSA) is 52.6 Å². The number of benzene rings is 1. The van der Waals surface area contributed by atoms with E-state index in [0.717, 1.165) is 11.1 Å². The molecule has 1 aromatic rings. The fourth-order valence-electron chi connectivity index (χ4n) is 1.63. The predicted octanol–water partition coefficient (Wildman–Crippen LogP) is 2.63. The molecule has 0 heterocycles. The molecule has 4 nitrogen and oxygen atoms in total. The van der Waals surface area contributed by atoms with Gasteiger partial charge in [0.2, 0.25) is 0 Å². The maximum absolute atomic E-state index is 11.1. The molecule has 1 rings (SSSR count). The summed E-state index contributed by atoms with van der Waals surface area (Å²) in [5.74, 6) is -0.975. The van der Waals surface area contributed by atoms with Crippen molar-refractivity contribution in [1.29, 1.82) is 0 Å². The van der Waals surface area contributed by atoms with Crippen LogP contribution in [0.2, 0.25) is 0 Å². The molecule has 0 fully saturated rings. The molecule has 0 aliphatic rings. The maximum Gasteiger partial charge on any atom is 0.305 e. The molecule has 4 heteroatoms. The van der Waals surface area contributed by atoms with Crippen LogP contribution in [0.4, 0.5) is 0 Å². The monoisotopic (exact) mass is 262 g/mol. The van der Waals surface area contributed by atoms with E-state index in [4.69, 9.17) is 9.47 Å². The van der Waals surface area contributed by atoms with E-state index in [1.807, 2.05) is 37.3 Å². The molecule has 0 aromatic heterocycles. The summed E-state index contributed by atoms with van der Waals surface area (Å²) in [6.45, 7) is 4.39. The lowest BCUT2D eigenvalue weighted by molar-refractivity contribution is -0.178. The Kier molecular flexibility index (Phi) is 5.79. The van der Waals surface area contributed by atoms with E-state index in [2.05, 4.69) is 0 Å². The molecule has 102 valence electrons. The molecule has 0 amide bonds. The Morgan fingerprint density at radius 3 is 2.05 bits per heavy atom. The van der Waals surface area contributed by atoms with Gasteiger partial charge in [-0.3, -0.25) is 9.59 Å². The van der Waals surface area contributed by atoms with Gasteiger partial charge in [0.15, 0.2) is 0 Å². The largest absolute Gasteiger partial charge is 0.421 e. The standard InChI is InChI=1S/C15H18O4/c1-4-14(10-13-8-6-5-7-9-13)15(18-11(2)16)19-12(3)17/h4-9,15H,10H2,1-3H3. The highest BCUT2D eigenvalue weighted by atomic mass is 16.7. The number of ether oxygens (including phenoxy) is 2. The third-order valence-corrected chi connectivity index (χ3v) is 2.47. The van der Waals surface area contributed by atoms with Crippen LogP contribution in [0.25, 0.3) is 0 Å². The van der Waals surface area contributed by atoms with Gasteiger partial charge in [-0.15, -0.1) is 0 Å². The van der Waals surface area contributed by atoms with E-state index < -0.39 is 18.2 Å². The molecule has 19 heavy (non-hydrogen) atoms. The van der Waals surface area contributed by atoms with E-state index in [0.29, 0.717) is 6.42 Å².